The van der Waals surface area contributed by atoms with Crippen molar-refractivity contribution < 1.29 is 19.1 Å². The van der Waals surface area contributed by atoms with Gasteiger partial charge in [0.1, 0.15) is 11.6 Å². The molecule has 1 aliphatic heterocycles. The summed E-state index contributed by atoms with van der Waals surface area (Å²) < 4.78 is 10.1. The molecule has 1 unspecified atom stereocenters. The second-order valence-corrected chi connectivity index (χ2v) is 5.39. The van der Waals surface area contributed by atoms with E-state index in [9.17, 15) is 9.59 Å². The average Bonchev–Trinajstić information content (AvgIpc) is 2.53. The van der Waals surface area contributed by atoms with Crippen LogP contribution >= 0.6 is 0 Å². The Morgan fingerprint density at radius 1 is 1.50 bits per heavy atom. The molecular formula is C12H22N2O4. The maximum absolute atomic E-state index is 11.7. The Bertz CT molecular complexity index is 312. The standard InChI is InChI=1S/C12H22N2O4/c1-12(2,3)18-11(16)13-9-7-14(5-6-17-4)8-10(9)15/h9H,5-8H2,1-4H3,(H,13,16). The molecule has 0 bridgehead atoms. The fourth-order valence-corrected chi connectivity index (χ4v) is 1.72. The number of likely N-dealkylation sites (tertiary alicyclic amines) is 1. The number of hydrogen-bond donors (Lipinski definition) is 1. The predicted octanol–water partition coefficient (Wildman–Crippen LogP) is 0.411. The Kier molecular flexibility index (Phi) is 5.10. The molecule has 6 heteroatoms. The van der Waals surface area contributed by atoms with Crippen LogP contribution in [-0.2, 0) is 14.3 Å². The molecule has 0 aromatic heterocycles. The second-order valence-electron chi connectivity index (χ2n) is 5.39. The highest BCUT2D eigenvalue weighted by molar-refractivity contribution is 5.91. The second kappa shape index (κ2) is 6.15. The maximum Gasteiger partial charge on any atom is 0.408 e. The Morgan fingerprint density at radius 3 is 2.72 bits per heavy atom. The van der Waals surface area contributed by atoms with Crippen molar-refractivity contribution >= 4 is 11.9 Å². The van der Waals surface area contributed by atoms with Gasteiger partial charge in [0.15, 0.2) is 5.78 Å². The average molecular weight is 258 g/mol. The monoisotopic (exact) mass is 258 g/mol. The minimum absolute atomic E-state index is 0.0111. The molecule has 0 saturated carbocycles. The number of methoxy groups -OCH3 is 1. The summed E-state index contributed by atoms with van der Waals surface area (Å²) in [5, 5.41) is 2.60. The van der Waals surface area contributed by atoms with Crippen LogP contribution in [0.25, 0.3) is 0 Å². The smallest absolute Gasteiger partial charge is 0.408 e. The van der Waals surface area contributed by atoms with E-state index in [0.717, 1.165) is 0 Å². The minimum Gasteiger partial charge on any atom is -0.444 e. The highest BCUT2D eigenvalue weighted by Crippen LogP contribution is 2.09. The van der Waals surface area contributed by atoms with Crippen LogP contribution in [0.1, 0.15) is 20.8 Å². The van der Waals surface area contributed by atoms with Crippen LogP contribution in [0, 0.1) is 0 Å². The third kappa shape index (κ3) is 5.01. The maximum atomic E-state index is 11.7. The number of nitrogens with zero attached hydrogens (tertiary/aromatic N) is 1. The molecule has 1 fully saturated rings. The van der Waals surface area contributed by atoms with Crippen molar-refractivity contribution in [1.29, 1.82) is 0 Å². The normalized spacial score (nSPS) is 21.1. The highest BCUT2D eigenvalue weighted by Gasteiger charge is 2.32. The summed E-state index contributed by atoms with van der Waals surface area (Å²) in [6, 6.07) is -0.475. The van der Waals surface area contributed by atoms with Gasteiger partial charge >= 0.3 is 6.09 Å². The number of ether oxygens (including phenoxy) is 2. The van der Waals surface area contributed by atoms with Crippen molar-refractivity contribution in [1.82, 2.24) is 10.2 Å². The third-order valence-corrected chi connectivity index (χ3v) is 2.51. The molecule has 0 aliphatic carbocycles. The summed E-state index contributed by atoms with van der Waals surface area (Å²) in [5.41, 5.74) is -0.554. The molecule has 18 heavy (non-hydrogen) atoms. The molecule has 1 heterocycles. The molecule has 0 aromatic rings. The fraction of sp³-hybridized carbons (Fsp3) is 0.833. The molecule has 1 N–H and O–H groups in total. The number of ketones is 1. The molecule has 1 rings (SSSR count). The van der Waals surface area contributed by atoms with Crippen LogP contribution in [-0.4, -0.2) is 61.8 Å². The first-order chi connectivity index (χ1) is 8.31. The zero-order chi connectivity index (χ0) is 13.8. The van der Waals surface area contributed by atoms with E-state index < -0.39 is 17.7 Å². The van der Waals surface area contributed by atoms with Crippen molar-refractivity contribution in [2.24, 2.45) is 0 Å². The fourth-order valence-electron chi connectivity index (χ4n) is 1.72. The van der Waals surface area contributed by atoms with Gasteiger partial charge in [-0.15, -0.1) is 0 Å². The molecule has 0 aromatic carbocycles. The van der Waals surface area contributed by atoms with Gasteiger partial charge in [0.05, 0.1) is 13.2 Å². The number of carbonyl (C=O) groups excluding carboxylic acids is 2. The van der Waals surface area contributed by atoms with Gasteiger partial charge in [-0.1, -0.05) is 0 Å². The van der Waals surface area contributed by atoms with Crippen LogP contribution in [0.4, 0.5) is 4.79 Å². The van der Waals surface area contributed by atoms with Gasteiger partial charge in [0.25, 0.3) is 0 Å². The number of Topliss-reactive ketones (excluding diaryl/α,β-unsaturated/α-hetero) is 1. The van der Waals surface area contributed by atoms with Crippen molar-refractivity contribution in [2.45, 2.75) is 32.4 Å². The summed E-state index contributed by atoms with van der Waals surface area (Å²) in [7, 11) is 1.62. The lowest BCUT2D eigenvalue weighted by Crippen LogP contribution is -2.43. The van der Waals surface area contributed by atoms with E-state index in [1.54, 1.807) is 27.9 Å². The molecule has 0 spiro atoms. The third-order valence-electron chi connectivity index (χ3n) is 2.51. The highest BCUT2D eigenvalue weighted by atomic mass is 16.6. The summed E-state index contributed by atoms with van der Waals surface area (Å²) in [5.74, 6) is 0.0111. The zero-order valence-corrected chi connectivity index (χ0v) is 11.5. The number of hydrogen-bond acceptors (Lipinski definition) is 5. The predicted molar refractivity (Wildman–Crippen MR) is 66.5 cm³/mol. The van der Waals surface area contributed by atoms with Crippen molar-refractivity contribution in [3.8, 4) is 0 Å². The lowest BCUT2D eigenvalue weighted by Gasteiger charge is -2.21. The Hall–Kier alpha value is -1.14. The molecular weight excluding hydrogens is 236 g/mol. The number of amides is 1. The van der Waals surface area contributed by atoms with Gasteiger partial charge in [0, 0.05) is 20.2 Å². The quantitative estimate of drug-likeness (QED) is 0.791. The molecule has 6 nitrogen and oxygen atoms in total. The van der Waals surface area contributed by atoms with Crippen molar-refractivity contribution in [2.75, 3.05) is 33.4 Å². The molecule has 1 amide bonds. The minimum atomic E-state index is -0.554. The summed E-state index contributed by atoms with van der Waals surface area (Å²) in [6.07, 6.45) is -0.547. The van der Waals surface area contributed by atoms with Crippen LogP contribution in [0.2, 0.25) is 0 Å². The van der Waals surface area contributed by atoms with Gasteiger partial charge in [-0.3, -0.25) is 9.69 Å². The number of rotatable bonds is 4. The number of carbonyl (C=O) groups is 2. The Balaban J connectivity index is 2.39. The summed E-state index contributed by atoms with van der Waals surface area (Å²) >= 11 is 0. The van der Waals surface area contributed by atoms with E-state index >= 15 is 0 Å². The topological polar surface area (TPSA) is 67.9 Å². The molecule has 1 atom stereocenters. The van der Waals surface area contributed by atoms with Crippen LogP contribution in [0.15, 0.2) is 0 Å². The zero-order valence-electron chi connectivity index (χ0n) is 11.5. The van der Waals surface area contributed by atoms with Gasteiger partial charge in [0.2, 0.25) is 0 Å². The van der Waals surface area contributed by atoms with Gasteiger partial charge < -0.3 is 14.8 Å². The van der Waals surface area contributed by atoms with Crippen LogP contribution in [0.3, 0.4) is 0 Å². The van der Waals surface area contributed by atoms with Crippen LogP contribution in [0.5, 0.6) is 0 Å². The van der Waals surface area contributed by atoms with E-state index in [-0.39, 0.29) is 5.78 Å². The largest absolute Gasteiger partial charge is 0.444 e. The lowest BCUT2D eigenvalue weighted by molar-refractivity contribution is -0.118. The van der Waals surface area contributed by atoms with E-state index in [0.29, 0.717) is 26.2 Å². The molecule has 1 saturated heterocycles. The molecule has 1 aliphatic rings. The van der Waals surface area contributed by atoms with Gasteiger partial charge in [-0.2, -0.15) is 0 Å². The van der Waals surface area contributed by atoms with Crippen molar-refractivity contribution in [3.63, 3.8) is 0 Å². The first kappa shape index (κ1) is 14.9. The molecule has 0 radical (unpaired) electrons. The number of nitrogens with one attached hydrogen (secondary N) is 1. The van der Waals surface area contributed by atoms with E-state index in [4.69, 9.17) is 9.47 Å². The first-order valence-corrected chi connectivity index (χ1v) is 6.05. The van der Waals surface area contributed by atoms with Gasteiger partial charge in [-0.05, 0) is 20.8 Å². The van der Waals surface area contributed by atoms with Crippen LogP contribution < -0.4 is 5.32 Å². The van der Waals surface area contributed by atoms with Gasteiger partial charge in [-0.25, -0.2) is 4.79 Å². The Labute approximate surface area is 108 Å². The van der Waals surface area contributed by atoms with E-state index in [1.807, 2.05) is 4.90 Å². The molecule has 104 valence electrons. The lowest BCUT2D eigenvalue weighted by atomic mass is 10.2. The first-order valence-electron chi connectivity index (χ1n) is 6.05. The summed E-state index contributed by atoms with van der Waals surface area (Å²) in [4.78, 5) is 25.2. The number of alkyl carbamates (subject to hydrolysis) is 1. The SMILES string of the molecule is COCCN1CC(=O)C(NC(=O)OC(C)(C)C)C1. The van der Waals surface area contributed by atoms with Crippen molar-refractivity contribution in [3.05, 3.63) is 0 Å². The van der Waals surface area contributed by atoms with E-state index in [1.165, 1.54) is 0 Å². The Morgan fingerprint density at radius 2 is 2.17 bits per heavy atom. The summed E-state index contributed by atoms with van der Waals surface area (Å²) in [6.45, 7) is 7.49. The van der Waals surface area contributed by atoms with E-state index in [2.05, 4.69) is 5.32 Å².